The summed E-state index contributed by atoms with van der Waals surface area (Å²) in [6, 6.07) is 0.707. The van der Waals surface area contributed by atoms with E-state index in [9.17, 15) is 28.0 Å². The van der Waals surface area contributed by atoms with Crippen LogP contribution in [-0.4, -0.2) is 51.2 Å². The average Bonchev–Trinajstić information content (AvgIpc) is 2.64. The van der Waals surface area contributed by atoms with Gasteiger partial charge in [0.15, 0.2) is 11.6 Å². The molecule has 0 aliphatic carbocycles. The van der Waals surface area contributed by atoms with Crippen LogP contribution in [0, 0.1) is 17.6 Å². The molecular formula is C16H17F2NO7. The monoisotopic (exact) mass is 373 g/mol. The molecule has 0 saturated carbocycles. The number of rotatable bonds is 7. The van der Waals surface area contributed by atoms with E-state index in [4.69, 9.17) is 0 Å². The molecule has 1 rings (SSSR count). The van der Waals surface area contributed by atoms with E-state index >= 15 is 0 Å². The number of nitrogens with one attached hydrogen (secondary N) is 1. The second-order valence-corrected chi connectivity index (χ2v) is 5.01. The van der Waals surface area contributed by atoms with Gasteiger partial charge in [-0.1, -0.05) is 0 Å². The minimum absolute atomic E-state index is 0.306. The maximum atomic E-state index is 13.3. The molecule has 2 atom stereocenters. The zero-order valence-electron chi connectivity index (χ0n) is 14.2. The molecule has 0 aromatic heterocycles. The fourth-order valence-corrected chi connectivity index (χ4v) is 2.06. The van der Waals surface area contributed by atoms with Crippen molar-refractivity contribution in [1.29, 1.82) is 0 Å². The Hall–Kier alpha value is -3.04. The van der Waals surface area contributed by atoms with Crippen LogP contribution in [0.15, 0.2) is 18.2 Å². The van der Waals surface area contributed by atoms with Crippen LogP contribution in [-0.2, 0) is 28.6 Å². The second kappa shape index (κ2) is 9.44. The number of benzene rings is 1. The molecule has 0 radical (unpaired) electrons. The Kier molecular flexibility index (Phi) is 7.63. The molecule has 1 N–H and O–H groups in total. The van der Waals surface area contributed by atoms with Crippen LogP contribution in [0.25, 0.3) is 0 Å². The summed E-state index contributed by atoms with van der Waals surface area (Å²) in [5, 5.41) is 2.16. The van der Waals surface area contributed by atoms with Crippen molar-refractivity contribution in [1.82, 2.24) is 5.32 Å². The summed E-state index contributed by atoms with van der Waals surface area (Å²) in [6.45, 7) is 0. The molecule has 1 aromatic rings. The smallest absolute Gasteiger partial charge is 0.329 e. The average molecular weight is 373 g/mol. The molecule has 0 saturated heterocycles. The molecule has 1 amide bonds. The number of halogens is 2. The highest BCUT2D eigenvalue weighted by molar-refractivity contribution is 5.98. The number of hydrogen-bond donors (Lipinski definition) is 1. The number of carbonyl (C=O) groups is 4. The van der Waals surface area contributed by atoms with E-state index in [-0.39, 0.29) is 5.56 Å². The largest absolute Gasteiger partial charge is 0.469 e. The van der Waals surface area contributed by atoms with Gasteiger partial charge in [-0.3, -0.25) is 14.4 Å². The van der Waals surface area contributed by atoms with Crippen molar-refractivity contribution in [2.75, 3.05) is 21.3 Å². The van der Waals surface area contributed by atoms with Gasteiger partial charge in [0.25, 0.3) is 5.91 Å². The molecule has 8 nitrogen and oxygen atoms in total. The van der Waals surface area contributed by atoms with Crippen LogP contribution in [0.5, 0.6) is 0 Å². The molecule has 0 bridgehead atoms. The highest BCUT2D eigenvalue weighted by Crippen LogP contribution is 2.16. The lowest BCUT2D eigenvalue weighted by Crippen LogP contribution is -2.50. The van der Waals surface area contributed by atoms with Gasteiger partial charge in [0.2, 0.25) is 0 Å². The highest BCUT2D eigenvalue weighted by atomic mass is 19.2. The summed E-state index contributed by atoms with van der Waals surface area (Å²) in [5.41, 5.74) is -0.306. The van der Waals surface area contributed by atoms with Crippen molar-refractivity contribution in [3.8, 4) is 0 Å². The van der Waals surface area contributed by atoms with E-state index < -0.39 is 53.8 Å². The number of ether oxygens (including phenoxy) is 3. The van der Waals surface area contributed by atoms with E-state index in [0.29, 0.717) is 6.07 Å². The Balaban J connectivity index is 3.15. The zero-order chi connectivity index (χ0) is 19.9. The Bertz CT molecular complexity index is 708. The summed E-state index contributed by atoms with van der Waals surface area (Å²) < 4.78 is 39.8. The first-order valence-corrected chi connectivity index (χ1v) is 7.23. The first-order chi connectivity index (χ1) is 12.2. The number of amides is 1. The third kappa shape index (κ3) is 5.23. The Labute approximate surface area is 147 Å². The summed E-state index contributed by atoms with van der Waals surface area (Å²) in [5.74, 6) is -7.73. The Morgan fingerprint density at radius 2 is 1.58 bits per heavy atom. The predicted octanol–water partition coefficient (Wildman–Crippen LogP) is 0.588. The number of carbonyl (C=O) groups excluding carboxylic acids is 4. The van der Waals surface area contributed by atoms with E-state index in [2.05, 4.69) is 19.5 Å². The van der Waals surface area contributed by atoms with Gasteiger partial charge < -0.3 is 19.5 Å². The van der Waals surface area contributed by atoms with E-state index in [1.807, 2.05) is 0 Å². The summed E-state index contributed by atoms with van der Waals surface area (Å²) >= 11 is 0. The minimum atomic E-state index is -1.62. The maximum absolute atomic E-state index is 13.3. The maximum Gasteiger partial charge on any atom is 0.329 e. The van der Waals surface area contributed by atoms with Crippen LogP contribution in [0.2, 0.25) is 0 Å². The van der Waals surface area contributed by atoms with Crippen molar-refractivity contribution < 1.29 is 42.2 Å². The topological polar surface area (TPSA) is 108 Å². The number of esters is 3. The molecule has 26 heavy (non-hydrogen) atoms. The molecule has 0 unspecified atom stereocenters. The SMILES string of the molecule is COC(=O)C[C@H](C(=O)OC)[C@H](NC(=O)c1ccc(F)c(F)c1)C(=O)OC. The third-order valence-corrected chi connectivity index (χ3v) is 3.44. The molecule has 0 heterocycles. The lowest BCUT2D eigenvalue weighted by atomic mass is 9.95. The summed E-state index contributed by atoms with van der Waals surface area (Å²) in [4.78, 5) is 47.7. The molecule has 142 valence electrons. The number of methoxy groups -OCH3 is 3. The summed E-state index contributed by atoms with van der Waals surface area (Å²) in [7, 11) is 3.10. The van der Waals surface area contributed by atoms with Gasteiger partial charge in [-0.15, -0.1) is 0 Å². The van der Waals surface area contributed by atoms with Crippen LogP contribution in [0.4, 0.5) is 8.78 Å². The normalized spacial score (nSPS) is 12.5. The molecule has 0 spiro atoms. The highest BCUT2D eigenvalue weighted by Gasteiger charge is 2.38. The molecular weight excluding hydrogens is 356 g/mol. The van der Waals surface area contributed by atoms with E-state index in [1.54, 1.807) is 0 Å². The van der Waals surface area contributed by atoms with Crippen LogP contribution in [0.3, 0.4) is 0 Å². The van der Waals surface area contributed by atoms with E-state index in [0.717, 1.165) is 33.5 Å². The fourth-order valence-electron chi connectivity index (χ4n) is 2.06. The van der Waals surface area contributed by atoms with Crippen molar-refractivity contribution in [2.45, 2.75) is 12.5 Å². The molecule has 10 heteroatoms. The molecule has 0 fully saturated rings. The van der Waals surface area contributed by atoms with Gasteiger partial charge in [0.05, 0.1) is 33.7 Å². The van der Waals surface area contributed by atoms with Gasteiger partial charge in [0.1, 0.15) is 6.04 Å². The van der Waals surface area contributed by atoms with Gasteiger partial charge in [-0.25, -0.2) is 13.6 Å². The van der Waals surface area contributed by atoms with Crippen molar-refractivity contribution in [2.24, 2.45) is 5.92 Å². The van der Waals surface area contributed by atoms with Crippen LogP contribution >= 0.6 is 0 Å². The van der Waals surface area contributed by atoms with Crippen molar-refractivity contribution in [3.05, 3.63) is 35.4 Å². The first kappa shape index (κ1) is 21.0. The molecule has 1 aromatic carbocycles. The minimum Gasteiger partial charge on any atom is -0.469 e. The van der Waals surface area contributed by atoms with Gasteiger partial charge in [0, 0.05) is 5.56 Å². The Morgan fingerprint density at radius 1 is 0.962 bits per heavy atom. The standard InChI is InChI=1S/C16H17F2NO7/c1-24-12(20)7-9(15(22)25-2)13(16(23)26-3)19-14(21)8-4-5-10(17)11(18)6-8/h4-6,9,13H,7H2,1-3H3,(H,19,21)/t9-,13-/m0/s1. The van der Waals surface area contributed by atoms with Gasteiger partial charge >= 0.3 is 17.9 Å². The molecule has 0 aliphatic heterocycles. The summed E-state index contributed by atoms with van der Waals surface area (Å²) in [6.07, 6.45) is -0.582. The second-order valence-electron chi connectivity index (χ2n) is 5.01. The molecule has 0 aliphatic rings. The quantitative estimate of drug-likeness (QED) is 0.550. The number of hydrogen-bond acceptors (Lipinski definition) is 7. The van der Waals surface area contributed by atoms with Crippen LogP contribution in [0.1, 0.15) is 16.8 Å². The Morgan fingerprint density at radius 3 is 2.08 bits per heavy atom. The van der Waals surface area contributed by atoms with Crippen LogP contribution < -0.4 is 5.32 Å². The van der Waals surface area contributed by atoms with Crippen molar-refractivity contribution in [3.63, 3.8) is 0 Å². The third-order valence-electron chi connectivity index (χ3n) is 3.44. The lowest BCUT2D eigenvalue weighted by molar-refractivity contribution is -0.158. The fraction of sp³-hybridized carbons (Fsp3) is 0.375. The predicted molar refractivity (Wildman–Crippen MR) is 81.8 cm³/mol. The van der Waals surface area contributed by atoms with Crippen molar-refractivity contribution >= 4 is 23.8 Å². The van der Waals surface area contributed by atoms with Gasteiger partial charge in [-0.05, 0) is 18.2 Å². The van der Waals surface area contributed by atoms with Gasteiger partial charge in [-0.2, -0.15) is 0 Å². The zero-order valence-corrected chi connectivity index (χ0v) is 14.2. The van der Waals surface area contributed by atoms with E-state index in [1.165, 1.54) is 0 Å². The first-order valence-electron chi connectivity index (χ1n) is 7.23. The lowest BCUT2D eigenvalue weighted by Gasteiger charge is -2.23.